The van der Waals surface area contributed by atoms with Gasteiger partial charge in [-0.25, -0.2) is 9.37 Å². The number of aromatic nitrogens is 2. The number of hydrogen-bond donors (Lipinski definition) is 3. The number of hydrogen-bond acceptors (Lipinski definition) is 4. The van der Waals surface area contributed by atoms with E-state index in [2.05, 4.69) is 9.97 Å². The molecule has 0 spiro atoms. The molecule has 1 aromatic heterocycles. The van der Waals surface area contributed by atoms with E-state index in [1.54, 1.807) is 6.07 Å². The van der Waals surface area contributed by atoms with Crippen LogP contribution in [0.4, 0.5) is 15.9 Å². The average molecular weight is 220 g/mol. The van der Waals surface area contributed by atoms with Crippen LogP contribution in [0.3, 0.4) is 0 Å². The van der Waals surface area contributed by atoms with Gasteiger partial charge in [0.2, 0.25) is 0 Å². The molecule has 0 bridgehead atoms. The first kappa shape index (κ1) is 10.2. The molecule has 0 saturated carbocycles. The summed E-state index contributed by atoms with van der Waals surface area (Å²) in [4.78, 5) is 17.5. The smallest absolute Gasteiger partial charge is 0.276 e. The summed E-state index contributed by atoms with van der Waals surface area (Å²) in [5.74, 6) is -0.536. The van der Waals surface area contributed by atoms with Gasteiger partial charge in [0.15, 0.2) is 5.82 Å². The fraction of sp³-hybridized carbons (Fsp3) is 0. The molecule has 1 heterocycles. The zero-order chi connectivity index (χ0) is 11.7. The Morgan fingerprint density at radius 2 is 1.94 bits per heavy atom. The summed E-state index contributed by atoms with van der Waals surface area (Å²) >= 11 is 0. The van der Waals surface area contributed by atoms with Gasteiger partial charge in [0.05, 0.1) is 5.56 Å². The standard InChI is InChI=1S/C10H9FN4O/c11-6-4-2-1-3-5(6)9-14-8(13)7(12)10(16)15-9/h1-4H,12H2,(H3,13,14,15,16). The predicted molar refractivity (Wildman–Crippen MR) is 59.1 cm³/mol. The fourth-order valence-corrected chi connectivity index (χ4v) is 1.28. The lowest BCUT2D eigenvalue weighted by atomic mass is 10.2. The Morgan fingerprint density at radius 1 is 1.25 bits per heavy atom. The molecule has 0 aliphatic carbocycles. The summed E-state index contributed by atoms with van der Waals surface area (Å²) in [6.45, 7) is 0. The topological polar surface area (TPSA) is 97.8 Å². The molecule has 0 radical (unpaired) electrons. The van der Waals surface area contributed by atoms with Crippen LogP contribution in [0.1, 0.15) is 0 Å². The lowest BCUT2D eigenvalue weighted by Gasteiger charge is -2.04. The van der Waals surface area contributed by atoms with Crippen LogP contribution in [-0.2, 0) is 0 Å². The van der Waals surface area contributed by atoms with Crippen molar-refractivity contribution in [2.75, 3.05) is 11.5 Å². The van der Waals surface area contributed by atoms with Crippen LogP contribution >= 0.6 is 0 Å². The molecule has 16 heavy (non-hydrogen) atoms. The van der Waals surface area contributed by atoms with Gasteiger partial charge in [0.25, 0.3) is 5.56 Å². The SMILES string of the molecule is Nc1nc(-c2ccccc2F)[nH]c(=O)c1N. The highest BCUT2D eigenvalue weighted by Crippen LogP contribution is 2.19. The summed E-state index contributed by atoms with van der Waals surface area (Å²) in [6.07, 6.45) is 0. The molecule has 6 heteroatoms. The molecule has 0 atom stereocenters. The first-order valence-electron chi connectivity index (χ1n) is 4.50. The van der Waals surface area contributed by atoms with Crippen molar-refractivity contribution in [1.82, 2.24) is 9.97 Å². The Morgan fingerprint density at radius 3 is 2.56 bits per heavy atom. The molecule has 2 aromatic rings. The van der Waals surface area contributed by atoms with E-state index in [1.807, 2.05) is 0 Å². The molecule has 5 nitrogen and oxygen atoms in total. The number of rotatable bonds is 1. The molecule has 0 unspecified atom stereocenters. The zero-order valence-corrected chi connectivity index (χ0v) is 8.20. The zero-order valence-electron chi connectivity index (χ0n) is 8.20. The van der Waals surface area contributed by atoms with E-state index in [9.17, 15) is 9.18 Å². The highest BCUT2D eigenvalue weighted by Gasteiger charge is 2.10. The summed E-state index contributed by atoms with van der Waals surface area (Å²) in [6, 6.07) is 5.92. The second kappa shape index (κ2) is 3.65. The molecule has 0 aliphatic heterocycles. The third-order valence-electron chi connectivity index (χ3n) is 2.11. The van der Waals surface area contributed by atoms with Gasteiger partial charge in [-0.05, 0) is 12.1 Å². The van der Waals surface area contributed by atoms with Gasteiger partial charge in [-0.15, -0.1) is 0 Å². The Hall–Kier alpha value is -2.37. The Kier molecular flexibility index (Phi) is 2.32. The average Bonchev–Trinajstić information content (AvgIpc) is 2.26. The molecule has 0 amide bonds. The molecule has 0 aliphatic rings. The van der Waals surface area contributed by atoms with Gasteiger partial charge in [-0.3, -0.25) is 4.79 Å². The summed E-state index contributed by atoms with van der Waals surface area (Å²) in [5.41, 5.74) is 10.2. The number of H-pyrrole nitrogens is 1. The van der Waals surface area contributed by atoms with E-state index in [0.717, 1.165) is 0 Å². The lowest BCUT2D eigenvalue weighted by Crippen LogP contribution is -2.17. The van der Waals surface area contributed by atoms with Gasteiger partial charge in [0.1, 0.15) is 17.3 Å². The van der Waals surface area contributed by atoms with E-state index in [4.69, 9.17) is 11.5 Å². The van der Waals surface area contributed by atoms with Gasteiger partial charge >= 0.3 is 0 Å². The third-order valence-corrected chi connectivity index (χ3v) is 2.11. The number of halogens is 1. The first-order chi connectivity index (χ1) is 7.59. The van der Waals surface area contributed by atoms with E-state index < -0.39 is 11.4 Å². The van der Waals surface area contributed by atoms with Gasteiger partial charge in [-0.2, -0.15) is 0 Å². The minimum atomic E-state index is -0.578. The maximum Gasteiger partial charge on any atom is 0.276 e. The van der Waals surface area contributed by atoms with Gasteiger partial charge in [0, 0.05) is 0 Å². The number of anilines is 2. The van der Waals surface area contributed by atoms with Crippen molar-refractivity contribution >= 4 is 11.5 Å². The van der Waals surface area contributed by atoms with Crippen LogP contribution in [0.25, 0.3) is 11.4 Å². The largest absolute Gasteiger partial charge is 0.391 e. The fourth-order valence-electron chi connectivity index (χ4n) is 1.28. The number of nitrogens with zero attached hydrogens (tertiary/aromatic N) is 1. The van der Waals surface area contributed by atoms with Crippen LogP contribution in [0, 0.1) is 5.82 Å². The molecular formula is C10H9FN4O. The second-order valence-corrected chi connectivity index (χ2v) is 3.19. The maximum absolute atomic E-state index is 13.4. The summed E-state index contributed by atoms with van der Waals surface area (Å²) in [5, 5.41) is 0. The van der Waals surface area contributed by atoms with E-state index in [1.165, 1.54) is 18.2 Å². The molecule has 0 fully saturated rings. The minimum absolute atomic E-state index is 0.0646. The van der Waals surface area contributed by atoms with E-state index in [-0.39, 0.29) is 22.9 Å². The number of nitrogen functional groups attached to an aromatic ring is 2. The molecule has 0 saturated heterocycles. The van der Waals surface area contributed by atoms with Crippen molar-refractivity contribution in [2.45, 2.75) is 0 Å². The van der Waals surface area contributed by atoms with Crippen molar-refractivity contribution in [2.24, 2.45) is 0 Å². The minimum Gasteiger partial charge on any atom is -0.391 e. The molecular weight excluding hydrogens is 211 g/mol. The van der Waals surface area contributed by atoms with Gasteiger partial charge in [-0.1, -0.05) is 12.1 Å². The maximum atomic E-state index is 13.4. The van der Waals surface area contributed by atoms with E-state index in [0.29, 0.717) is 0 Å². The van der Waals surface area contributed by atoms with Crippen LogP contribution < -0.4 is 17.0 Å². The predicted octanol–water partition coefficient (Wildman–Crippen LogP) is 0.740. The second-order valence-electron chi connectivity index (χ2n) is 3.19. The first-order valence-corrected chi connectivity index (χ1v) is 4.50. The summed E-state index contributed by atoms with van der Waals surface area (Å²) < 4.78 is 13.4. The highest BCUT2D eigenvalue weighted by atomic mass is 19.1. The van der Waals surface area contributed by atoms with Crippen LogP contribution in [0.5, 0.6) is 0 Å². The normalized spacial score (nSPS) is 10.3. The molecule has 2 rings (SSSR count). The molecule has 5 N–H and O–H groups in total. The van der Waals surface area contributed by atoms with Crippen molar-refractivity contribution in [3.63, 3.8) is 0 Å². The lowest BCUT2D eigenvalue weighted by molar-refractivity contribution is 0.630. The Labute approximate surface area is 89.9 Å². The quantitative estimate of drug-likeness (QED) is 0.660. The number of nitrogens with one attached hydrogen (secondary N) is 1. The van der Waals surface area contributed by atoms with Crippen molar-refractivity contribution in [3.8, 4) is 11.4 Å². The van der Waals surface area contributed by atoms with Gasteiger partial charge < -0.3 is 16.5 Å². The van der Waals surface area contributed by atoms with Crippen LogP contribution in [-0.4, -0.2) is 9.97 Å². The number of nitrogens with two attached hydrogens (primary N) is 2. The Bertz CT molecular complexity index is 594. The van der Waals surface area contributed by atoms with Crippen molar-refractivity contribution in [1.29, 1.82) is 0 Å². The monoisotopic (exact) mass is 220 g/mol. The summed E-state index contributed by atoms with van der Waals surface area (Å²) in [7, 11) is 0. The molecule has 82 valence electrons. The van der Waals surface area contributed by atoms with Crippen molar-refractivity contribution in [3.05, 3.63) is 40.4 Å². The molecule has 1 aromatic carbocycles. The number of benzene rings is 1. The third kappa shape index (κ3) is 1.60. The van der Waals surface area contributed by atoms with E-state index >= 15 is 0 Å². The van der Waals surface area contributed by atoms with Crippen LogP contribution in [0.2, 0.25) is 0 Å². The van der Waals surface area contributed by atoms with Crippen LogP contribution in [0.15, 0.2) is 29.1 Å². The Balaban J connectivity index is 2.67. The highest BCUT2D eigenvalue weighted by molar-refractivity contribution is 5.63. The van der Waals surface area contributed by atoms with Crippen molar-refractivity contribution < 1.29 is 4.39 Å². The number of aromatic amines is 1.